The fourth-order valence-electron chi connectivity index (χ4n) is 3.86. The lowest BCUT2D eigenvalue weighted by atomic mass is 10.2. The molecule has 0 aliphatic carbocycles. The van der Waals surface area contributed by atoms with Gasteiger partial charge in [0.05, 0.1) is 19.3 Å². The molecule has 3 heterocycles. The first-order valence-corrected chi connectivity index (χ1v) is 10.3. The third-order valence-corrected chi connectivity index (χ3v) is 5.38. The number of anilines is 2. The van der Waals surface area contributed by atoms with Crippen LogP contribution in [0.3, 0.4) is 0 Å². The SMILES string of the molecule is CN=C(NCc1cccnc1N1CCOCC1)NC1CC(=O)N(c2ccccc2)C1. The molecule has 8 heteroatoms. The molecule has 4 rings (SSSR count). The fraction of sp³-hybridized carbons (Fsp3) is 0.409. The van der Waals surface area contributed by atoms with Gasteiger partial charge in [-0.15, -0.1) is 0 Å². The standard InChI is InChI=1S/C22H28N6O2/c1-23-22(26-18-14-20(29)28(16-18)19-7-3-2-4-8-19)25-15-17-6-5-9-24-21(17)27-10-12-30-13-11-27/h2-9,18H,10-16H2,1H3,(H2,23,25,26). The molecular weight excluding hydrogens is 380 g/mol. The fourth-order valence-corrected chi connectivity index (χ4v) is 3.86. The van der Waals surface area contributed by atoms with E-state index >= 15 is 0 Å². The highest BCUT2D eigenvalue weighted by atomic mass is 16.5. The topological polar surface area (TPSA) is 82.1 Å². The first-order chi connectivity index (χ1) is 14.7. The van der Waals surface area contributed by atoms with Crippen molar-refractivity contribution in [3.8, 4) is 0 Å². The summed E-state index contributed by atoms with van der Waals surface area (Å²) in [7, 11) is 1.74. The van der Waals surface area contributed by atoms with Gasteiger partial charge in [-0.25, -0.2) is 4.98 Å². The van der Waals surface area contributed by atoms with E-state index < -0.39 is 0 Å². The van der Waals surface area contributed by atoms with Crippen LogP contribution in [0.2, 0.25) is 0 Å². The lowest BCUT2D eigenvalue weighted by Gasteiger charge is -2.29. The Labute approximate surface area is 177 Å². The van der Waals surface area contributed by atoms with E-state index in [0.29, 0.717) is 25.5 Å². The van der Waals surface area contributed by atoms with E-state index in [-0.39, 0.29) is 11.9 Å². The van der Waals surface area contributed by atoms with Gasteiger partial charge in [0, 0.05) is 57.1 Å². The second-order valence-electron chi connectivity index (χ2n) is 7.40. The third kappa shape index (κ3) is 4.71. The summed E-state index contributed by atoms with van der Waals surface area (Å²) in [6.07, 6.45) is 2.27. The first-order valence-electron chi connectivity index (χ1n) is 10.3. The Balaban J connectivity index is 1.36. The molecule has 0 spiro atoms. The summed E-state index contributed by atoms with van der Waals surface area (Å²) in [6, 6.07) is 13.8. The number of nitrogens with zero attached hydrogens (tertiary/aromatic N) is 4. The van der Waals surface area contributed by atoms with E-state index in [1.807, 2.05) is 47.5 Å². The van der Waals surface area contributed by atoms with Gasteiger partial charge >= 0.3 is 0 Å². The molecule has 1 aromatic heterocycles. The average Bonchev–Trinajstić information content (AvgIpc) is 3.18. The number of carbonyl (C=O) groups is 1. The van der Waals surface area contributed by atoms with Crippen LogP contribution in [-0.2, 0) is 16.1 Å². The van der Waals surface area contributed by atoms with Gasteiger partial charge in [-0.05, 0) is 18.2 Å². The molecule has 1 unspecified atom stereocenters. The molecule has 2 saturated heterocycles. The number of pyridine rings is 1. The second-order valence-corrected chi connectivity index (χ2v) is 7.40. The Bertz CT molecular complexity index is 882. The van der Waals surface area contributed by atoms with Gasteiger partial charge in [-0.2, -0.15) is 0 Å². The molecule has 2 aliphatic heterocycles. The molecule has 2 fully saturated rings. The number of guanidine groups is 1. The minimum Gasteiger partial charge on any atom is -0.378 e. The van der Waals surface area contributed by atoms with Crippen molar-refractivity contribution < 1.29 is 9.53 Å². The third-order valence-electron chi connectivity index (χ3n) is 5.38. The maximum Gasteiger partial charge on any atom is 0.229 e. The number of morpholine rings is 1. The molecule has 1 amide bonds. The first kappa shape index (κ1) is 20.2. The van der Waals surface area contributed by atoms with Crippen molar-refractivity contribution in [2.75, 3.05) is 49.7 Å². The number of hydrogen-bond acceptors (Lipinski definition) is 5. The van der Waals surface area contributed by atoms with E-state index in [1.165, 1.54) is 0 Å². The summed E-state index contributed by atoms with van der Waals surface area (Å²) >= 11 is 0. The van der Waals surface area contributed by atoms with Crippen LogP contribution in [-0.4, -0.2) is 62.8 Å². The number of nitrogens with one attached hydrogen (secondary N) is 2. The van der Waals surface area contributed by atoms with Crippen LogP contribution in [0.25, 0.3) is 0 Å². The van der Waals surface area contributed by atoms with Crippen molar-refractivity contribution in [2.45, 2.75) is 19.0 Å². The molecule has 2 aromatic rings. The molecule has 30 heavy (non-hydrogen) atoms. The number of para-hydroxylation sites is 1. The predicted octanol–water partition coefficient (Wildman–Crippen LogP) is 1.39. The Kier molecular flexibility index (Phi) is 6.44. The zero-order valence-electron chi connectivity index (χ0n) is 17.3. The zero-order valence-corrected chi connectivity index (χ0v) is 17.3. The molecule has 1 atom stereocenters. The van der Waals surface area contributed by atoms with Crippen LogP contribution in [0, 0.1) is 0 Å². The number of carbonyl (C=O) groups excluding carboxylic acids is 1. The van der Waals surface area contributed by atoms with E-state index in [1.54, 1.807) is 7.05 Å². The molecular formula is C22H28N6O2. The van der Waals surface area contributed by atoms with Crippen molar-refractivity contribution in [3.05, 3.63) is 54.2 Å². The lowest BCUT2D eigenvalue weighted by Crippen LogP contribution is -2.44. The minimum absolute atomic E-state index is 0.0107. The number of benzene rings is 1. The number of ether oxygens (including phenoxy) is 1. The van der Waals surface area contributed by atoms with Crippen molar-refractivity contribution in [1.82, 2.24) is 15.6 Å². The summed E-state index contributed by atoms with van der Waals surface area (Å²) in [5, 5.41) is 6.76. The normalized spacial score (nSPS) is 19.8. The van der Waals surface area contributed by atoms with E-state index in [0.717, 1.165) is 43.4 Å². The van der Waals surface area contributed by atoms with Gasteiger partial charge in [0.1, 0.15) is 5.82 Å². The smallest absolute Gasteiger partial charge is 0.229 e. The van der Waals surface area contributed by atoms with Crippen molar-refractivity contribution in [2.24, 2.45) is 4.99 Å². The zero-order chi connectivity index (χ0) is 20.8. The van der Waals surface area contributed by atoms with Gasteiger partial charge in [0.2, 0.25) is 5.91 Å². The van der Waals surface area contributed by atoms with Crippen LogP contribution in [0.15, 0.2) is 53.7 Å². The molecule has 0 radical (unpaired) electrons. The predicted molar refractivity (Wildman–Crippen MR) is 118 cm³/mol. The molecule has 2 aliphatic rings. The maximum atomic E-state index is 12.5. The maximum absolute atomic E-state index is 12.5. The highest BCUT2D eigenvalue weighted by molar-refractivity contribution is 5.97. The van der Waals surface area contributed by atoms with Gasteiger partial charge in [0.25, 0.3) is 0 Å². The van der Waals surface area contributed by atoms with Crippen LogP contribution in [0.5, 0.6) is 0 Å². The number of aliphatic imine (C=N–C) groups is 1. The van der Waals surface area contributed by atoms with Gasteiger partial charge < -0.3 is 25.2 Å². The van der Waals surface area contributed by atoms with Crippen LogP contribution in [0.4, 0.5) is 11.5 Å². The molecule has 158 valence electrons. The number of amides is 1. The van der Waals surface area contributed by atoms with E-state index in [4.69, 9.17) is 4.74 Å². The van der Waals surface area contributed by atoms with Crippen molar-refractivity contribution >= 4 is 23.4 Å². The Morgan fingerprint density at radius 3 is 2.77 bits per heavy atom. The average molecular weight is 409 g/mol. The minimum atomic E-state index is 0.0107. The quantitative estimate of drug-likeness (QED) is 0.575. The molecule has 8 nitrogen and oxygen atoms in total. The summed E-state index contributed by atoms with van der Waals surface area (Å²) in [4.78, 5) is 25.5. The molecule has 1 aromatic carbocycles. The number of rotatable bonds is 5. The van der Waals surface area contributed by atoms with Crippen molar-refractivity contribution in [3.63, 3.8) is 0 Å². The number of aromatic nitrogens is 1. The summed E-state index contributed by atoms with van der Waals surface area (Å²) in [6.45, 7) is 4.35. The molecule has 0 saturated carbocycles. The lowest BCUT2D eigenvalue weighted by molar-refractivity contribution is -0.117. The van der Waals surface area contributed by atoms with Crippen molar-refractivity contribution in [1.29, 1.82) is 0 Å². The highest BCUT2D eigenvalue weighted by Gasteiger charge is 2.31. The summed E-state index contributed by atoms with van der Waals surface area (Å²) < 4.78 is 5.45. The monoisotopic (exact) mass is 408 g/mol. The van der Waals surface area contributed by atoms with Crippen LogP contribution in [0.1, 0.15) is 12.0 Å². The van der Waals surface area contributed by atoms with Crippen LogP contribution >= 0.6 is 0 Å². The molecule has 2 N–H and O–H groups in total. The summed E-state index contributed by atoms with van der Waals surface area (Å²) in [5.41, 5.74) is 2.04. The Morgan fingerprint density at radius 2 is 2.00 bits per heavy atom. The van der Waals surface area contributed by atoms with Crippen LogP contribution < -0.4 is 20.4 Å². The second kappa shape index (κ2) is 9.58. The number of hydrogen-bond donors (Lipinski definition) is 2. The largest absolute Gasteiger partial charge is 0.378 e. The Hall–Kier alpha value is -3.13. The van der Waals surface area contributed by atoms with Gasteiger partial charge in [-0.3, -0.25) is 9.79 Å². The van der Waals surface area contributed by atoms with E-state index in [2.05, 4.69) is 31.6 Å². The molecule has 0 bridgehead atoms. The Morgan fingerprint density at radius 1 is 1.20 bits per heavy atom. The van der Waals surface area contributed by atoms with E-state index in [9.17, 15) is 4.79 Å². The van der Waals surface area contributed by atoms with Gasteiger partial charge in [0.15, 0.2) is 5.96 Å². The van der Waals surface area contributed by atoms with Gasteiger partial charge in [-0.1, -0.05) is 24.3 Å². The highest BCUT2D eigenvalue weighted by Crippen LogP contribution is 2.21. The summed E-state index contributed by atoms with van der Waals surface area (Å²) in [5.74, 6) is 1.78.